The number of likely N-dealkylation sites (tertiary alicyclic amines) is 1. The Hall–Kier alpha value is -1.85. The van der Waals surface area contributed by atoms with Crippen molar-refractivity contribution in [3.63, 3.8) is 0 Å². The summed E-state index contributed by atoms with van der Waals surface area (Å²) in [4.78, 5) is 14.3. The number of aryl methyl sites for hydroxylation is 1. The Morgan fingerprint density at radius 1 is 1.39 bits per heavy atom. The fourth-order valence-electron chi connectivity index (χ4n) is 2.76. The summed E-state index contributed by atoms with van der Waals surface area (Å²) in [6.45, 7) is 6.11. The molecule has 5 nitrogen and oxygen atoms in total. The average molecular weight is 336 g/mol. The number of carbonyl (C=O) groups excluding carboxylic acids is 1. The molecule has 3 rings (SSSR count). The summed E-state index contributed by atoms with van der Waals surface area (Å²) in [6.07, 6.45) is 0.925. The van der Waals surface area contributed by atoms with E-state index in [-0.39, 0.29) is 29.5 Å². The van der Waals surface area contributed by atoms with Crippen LogP contribution in [0, 0.1) is 12.3 Å². The fraction of sp³-hybridized carbons (Fsp3) is 0.412. The first kappa shape index (κ1) is 17.5. The predicted octanol–water partition coefficient (Wildman–Crippen LogP) is 2.88. The maximum absolute atomic E-state index is 12.5. The van der Waals surface area contributed by atoms with Gasteiger partial charge in [0.15, 0.2) is 0 Å². The minimum absolute atomic E-state index is 0. The first-order chi connectivity index (χ1) is 10.5. The van der Waals surface area contributed by atoms with Crippen LogP contribution < -0.4 is 5.73 Å². The third kappa shape index (κ3) is 3.57. The summed E-state index contributed by atoms with van der Waals surface area (Å²) in [7, 11) is 0. The molecule has 1 amide bonds. The normalized spacial score (nSPS) is 20.4. The monoisotopic (exact) mass is 335 g/mol. The van der Waals surface area contributed by atoms with E-state index >= 15 is 0 Å². The van der Waals surface area contributed by atoms with Gasteiger partial charge in [0.2, 0.25) is 5.76 Å². The zero-order valence-electron chi connectivity index (χ0n) is 13.4. The second-order valence-electron chi connectivity index (χ2n) is 6.43. The van der Waals surface area contributed by atoms with Crippen LogP contribution in [0.25, 0.3) is 11.3 Å². The number of aromatic nitrogens is 1. The highest BCUT2D eigenvalue weighted by Gasteiger charge is 2.36. The van der Waals surface area contributed by atoms with Crippen LogP contribution in [0.3, 0.4) is 0 Å². The number of benzene rings is 1. The van der Waals surface area contributed by atoms with Crippen molar-refractivity contribution >= 4 is 18.3 Å². The molecule has 1 aliphatic heterocycles. The lowest BCUT2D eigenvalue weighted by molar-refractivity contribution is 0.0735. The van der Waals surface area contributed by atoms with E-state index in [0.717, 1.165) is 12.0 Å². The van der Waals surface area contributed by atoms with Crippen molar-refractivity contribution < 1.29 is 9.32 Å². The van der Waals surface area contributed by atoms with Crippen LogP contribution in [0.1, 0.15) is 29.5 Å². The van der Waals surface area contributed by atoms with Gasteiger partial charge in [-0.15, -0.1) is 12.4 Å². The highest BCUT2D eigenvalue weighted by atomic mass is 35.5. The summed E-state index contributed by atoms with van der Waals surface area (Å²) < 4.78 is 5.25. The van der Waals surface area contributed by atoms with Gasteiger partial charge in [0.1, 0.15) is 5.69 Å². The van der Waals surface area contributed by atoms with Crippen molar-refractivity contribution in [2.24, 2.45) is 11.1 Å². The van der Waals surface area contributed by atoms with Crippen molar-refractivity contribution in [1.29, 1.82) is 0 Å². The molecule has 0 radical (unpaired) electrons. The molecule has 124 valence electrons. The highest BCUT2D eigenvalue weighted by molar-refractivity contribution is 5.92. The zero-order valence-corrected chi connectivity index (χ0v) is 14.2. The number of hydrogen-bond donors (Lipinski definition) is 1. The molecule has 2 heterocycles. The largest absolute Gasteiger partial charge is 0.350 e. The maximum Gasteiger partial charge on any atom is 0.292 e. The molecule has 2 N–H and O–H groups in total. The highest BCUT2D eigenvalue weighted by Crippen LogP contribution is 2.30. The second-order valence-corrected chi connectivity index (χ2v) is 6.43. The first-order valence-corrected chi connectivity index (χ1v) is 7.54. The topological polar surface area (TPSA) is 72.4 Å². The van der Waals surface area contributed by atoms with Gasteiger partial charge in [0, 0.05) is 24.7 Å². The van der Waals surface area contributed by atoms with Crippen LogP contribution in [-0.4, -0.2) is 35.6 Å². The lowest BCUT2D eigenvalue weighted by atomic mass is 9.90. The molecular weight excluding hydrogens is 314 g/mol. The summed E-state index contributed by atoms with van der Waals surface area (Å²) >= 11 is 0. The summed E-state index contributed by atoms with van der Waals surface area (Å²) in [5.41, 5.74) is 8.61. The van der Waals surface area contributed by atoms with Crippen molar-refractivity contribution in [2.45, 2.75) is 20.3 Å². The molecule has 0 bridgehead atoms. The molecule has 1 atom stereocenters. The van der Waals surface area contributed by atoms with Crippen molar-refractivity contribution in [1.82, 2.24) is 10.1 Å². The van der Waals surface area contributed by atoms with Crippen LogP contribution in [0.5, 0.6) is 0 Å². The van der Waals surface area contributed by atoms with Gasteiger partial charge >= 0.3 is 0 Å². The van der Waals surface area contributed by atoms with E-state index in [1.165, 1.54) is 5.56 Å². The quantitative estimate of drug-likeness (QED) is 0.936. The van der Waals surface area contributed by atoms with Crippen LogP contribution >= 0.6 is 12.4 Å². The van der Waals surface area contributed by atoms with Crippen molar-refractivity contribution in [3.8, 4) is 11.3 Å². The maximum atomic E-state index is 12.5. The minimum atomic E-state index is -0.108. The summed E-state index contributed by atoms with van der Waals surface area (Å²) in [6, 6.07) is 9.69. The lowest BCUT2D eigenvalue weighted by Gasteiger charge is -2.21. The number of halogens is 1. The third-order valence-corrected chi connectivity index (χ3v) is 4.41. The van der Waals surface area contributed by atoms with Gasteiger partial charge in [-0.3, -0.25) is 4.79 Å². The predicted molar refractivity (Wildman–Crippen MR) is 91.6 cm³/mol. The van der Waals surface area contributed by atoms with Gasteiger partial charge in [-0.2, -0.15) is 0 Å². The van der Waals surface area contributed by atoms with Gasteiger partial charge in [-0.25, -0.2) is 0 Å². The number of amides is 1. The van der Waals surface area contributed by atoms with Crippen LogP contribution in [-0.2, 0) is 0 Å². The molecule has 23 heavy (non-hydrogen) atoms. The number of rotatable bonds is 3. The standard InChI is InChI=1S/C17H21N3O2.ClH/c1-12-3-5-13(6-4-12)14-9-15(22-19-14)16(21)20-8-7-17(2,10-18)11-20;/h3-6,9H,7-8,10-11,18H2,1-2H3;1H. The Kier molecular flexibility index (Phi) is 5.12. The molecule has 1 fully saturated rings. The molecule has 1 unspecified atom stereocenters. The molecule has 1 aromatic heterocycles. The van der Waals surface area contributed by atoms with Gasteiger partial charge in [0.05, 0.1) is 0 Å². The molecule has 0 spiro atoms. The average Bonchev–Trinajstić information content (AvgIpc) is 3.15. The van der Waals surface area contributed by atoms with E-state index < -0.39 is 0 Å². The number of nitrogens with two attached hydrogens (primary N) is 1. The fourth-order valence-corrected chi connectivity index (χ4v) is 2.76. The van der Waals surface area contributed by atoms with E-state index in [1.54, 1.807) is 11.0 Å². The number of carbonyl (C=O) groups is 1. The van der Waals surface area contributed by atoms with E-state index in [4.69, 9.17) is 10.3 Å². The van der Waals surface area contributed by atoms with E-state index in [2.05, 4.69) is 12.1 Å². The third-order valence-electron chi connectivity index (χ3n) is 4.41. The van der Waals surface area contributed by atoms with Gasteiger partial charge in [-0.1, -0.05) is 41.9 Å². The smallest absolute Gasteiger partial charge is 0.292 e. The minimum Gasteiger partial charge on any atom is -0.350 e. The number of nitrogens with zero attached hydrogens (tertiary/aromatic N) is 2. The van der Waals surface area contributed by atoms with Gasteiger partial charge in [-0.05, 0) is 25.3 Å². The van der Waals surface area contributed by atoms with Crippen LogP contribution in [0.15, 0.2) is 34.9 Å². The van der Waals surface area contributed by atoms with E-state index in [1.807, 2.05) is 31.2 Å². The van der Waals surface area contributed by atoms with Crippen molar-refractivity contribution in [2.75, 3.05) is 19.6 Å². The van der Waals surface area contributed by atoms with Crippen LogP contribution in [0.4, 0.5) is 0 Å². The second kappa shape index (κ2) is 6.72. The van der Waals surface area contributed by atoms with Gasteiger partial charge < -0.3 is 15.2 Å². The van der Waals surface area contributed by atoms with Gasteiger partial charge in [0.25, 0.3) is 5.91 Å². The summed E-state index contributed by atoms with van der Waals surface area (Å²) in [5.74, 6) is 0.180. The number of hydrogen-bond acceptors (Lipinski definition) is 4. The Morgan fingerprint density at radius 2 is 2.09 bits per heavy atom. The SMILES string of the molecule is Cc1ccc(-c2cc(C(=O)N3CCC(C)(CN)C3)on2)cc1.Cl. The van der Waals surface area contributed by atoms with E-state index in [0.29, 0.717) is 25.3 Å². The van der Waals surface area contributed by atoms with E-state index in [9.17, 15) is 4.79 Å². The molecule has 1 saturated heterocycles. The Bertz CT molecular complexity index is 683. The molecular formula is C17H22ClN3O2. The summed E-state index contributed by atoms with van der Waals surface area (Å²) in [5, 5.41) is 4.02. The molecule has 6 heteroatoms. The Morgan fingerprint density at radius 3 is 2.70 bits per heavy atom. The van der Waals surface area contributed by atoms with Crippen molar-refractivity contribution in [3.05, 3.63) is 41.7 Å². The molecule has 2 aromatic rings. The molecule has 0 aliphatic carbocycles. The Balaban J connectivity index is 0.00000192. The molecule has 1 aliphatic rings. The molecule has 0 saturated carbocycles. The van der Waals surface area contributed by atoms with Crippen LogP contribution in [0.2, 0.25) is 0 Å². The zero-order chi connectivity index (χ0) is 15.7. The molecule has 1 aromatic carbocycles. The Labute approximate surface area is 142 Å². The lowest BCUT2D eigenvalue weighted by Crippen LogP contribution is -2.34. The first-order valence-electron chi connectivity index (χ1n) is 7.54.